The lowest BCUT2D eigenvalue weighted by Gasteiger charge is -2.40. The van der Waals surface area contributed by atoms with Gasteiger partial charge < -0.3 is 18.9 Å². The number of fused-ring (bicyclic) bond motifs is 4. The molecule has 5 atom stereocenters. The molecule has 3 saturated heterocycles. The molecule has 0 spiro atoms. The van der Waals surface area contributed by atoms with Crippen LogP contribution in [0.2, 0.25) is 10.0 Å². The van der Waals surface area contributed by atoms with Crippen LogP contribution in [0.3, 0.4) is 0 Å². The SMILES string of the molecule is COC(=O)N1C[C@@H](F)C[C@@H]1c1cc2c(SC)nc3c(F)c(-c4cccc(Cl)c4Cl)c(CCC#N)cc3c2n1[C@H]1[C@@H]2C[C@H]1N(C(=O)OC(C)(C)C)C2. The zero-order valence-electron chi connectivity index (χ0n) is 28.8. The Labute approximate surface area is 308 Å². The highest BCUT2D eigenvalue weighted by Gasteiger charge is 2.57. The van der Waals surface area contributed by atoms with E-state index in [9.17, 15) is 14.9 Å². The molecule has 0 N–H and O–H groups in total. The topological polar surface area (TPSA) is 101 Å². The molecular weight excluding hydrogens is 719 g/mol. The predicted octanol–water partition coefficient (Wildman–Crippen LogP) is 9.51. The summed E-state index contributed by atoms with van der Waals surface area (Å²) in [5, 5.41) is 11.8. The largest absolute Gasteiger partial charge is 0.453 e. The van der Waals surface area contributed by atoms with Crippen LogP contribution >= 0.6 is 35.0 Å². The lowest BCUT2D eigenvalue weighted by molar-refractivity contribution is 0.0208. The lowest BCUT2D eigenvalue weighted by Crippen LogP contribution is -2.45. The number of thioether (sulfide) groups is 1. The minimum atomic E-state index is -1.29. The van der Waals surface area contributed by atoms with E-state index in [2.05, 4.69) is 10.6 Å². The molecule has 0 unspecified atom stereocenters. The number of hydrogen-bond acceptors (Lipinski definition) is 7. The maximum Gasteiger partial charge on any atom is 0.410 e. The summed E-state index contributed by atoms with van der Waals surface area (Å²) < 4.78 is 45.4. The first-order valence-corrected chi connectivity index (χ1v) is 18.8. The number of alkyl halides is 1. The van der Waals surface area contributed by atoms with Crippen molar-refractivity contribution in [2.75, 3.05) is 26.5 Å². The number of aryl methyl sites for hydroxylation is 1. The standard InChI is InChI=1S/C37H37Cl2F2N5O4S/c1-37(2,3)50-36(48)44-16-19-13-27(44)32(19)46-26(25-14-20(40)17-45(25)35(47)49-4)15-23-33(46)22-12-18(8-7-11-42)28(21-9-6-10-24(38)29(21)39)30(41)31(22)43-34(23)51-5/h6,9-10,12,15,19-20,25,27,32H,7-8,13-14,16-17H2,1-5H3/t19-,20+,25-,27-,32+/m1/s1. The van der Waals surface area contributed by atoms with Gasteiger partial charge in [0, 0.05) is 52.9 Å². The van der Waals surface area contributed by atoms with E-state index in [1.807, 2.05) is 39.2 Å². The Hall–Kier alpha value is -3.79. The van der Waals surface area contributed by atoms with Crippen LogP contribution < -0.4 is 0 Å². The highest BCUT2D eigenvalue weighted by atomic mass is 35.5. The number of nitriles is 1. The molecule has 268 valence electrons. The molecule has 1 aliphatic carbocycles. The van der Waals surface area contributed by atoms with Crippen molar-refractivity contribution in [1.29, 1.82) is 5.26 Å². The summed E-state index contributed by atoms with van der Waals surface area (Å²) in [6.07, 6.45) is 0.624. The summed E-state index contributed by atoms with van der Waals surface area (Å²) >= 11 is 14.4. The van der Waals surface area contributed by atoms with Crippen LogP contribution in [0.4, 0.5) is 18.4 Å². The number of amides is 2. The fraction of sp³-hybridized carbons (Fsp3) is 0.459. The zero-order chi connectivity index (χ0) is 36.5. The van der Waals surface area contributed by atoms with Crippen LogP contribution in [0.1, 0.15) is 63.4 Å². The van der Waals surface area contributed by atoms with Gasteiger partial charge >= 0.3 is 12.2 Å². The van der Waals surface area contributed by atoms with Crippen LogP contribution in [0, 0.1) is 23.1 Å². The molecule has 4 fully saturated rings. The number of nitrogens with zero attached hydrogens (tertiary/aromatic N) is 5. The third-order valence-corrected chi connectivity index (χ3v) is 11.7. The van der Waals surface area contributed by atoms with Crippen molar-refractivity contribution in [3.8, 4) is 17.2 Å². The molecule has 2 amide bonds. The number of benzene rings is 2. The number of hydrogen-bond donors (Lipinski definition) is 0. The summed E-state index contributed by atoms with van der Waals surface area (Å²) in [6.45, 7) is 5.79. The molecule has 3 aliphatic heterocycles. The number of halogens is 4. The van der Waals surface area contributed by atoms with E-state index < -0.39 is 35.8 Å². The molecule has 4 aliphatic rings. The van der Waals surface area contributed by atoms with E-state index in [0.29, 0.717) is 44.7 Å². The molecule has 5 heterocycles. The van der Waals surface area contributed by atoms with Crippen LogP contribution in [0.5, 0.6) is 0 Å². The third kappa shape index (κ3) is 5.95. The molecular formula is C37H37Cl2F2N5O4S. The Balaban J connectivity index is 1.53. The van der Waals surface area contributed by atoms with Crippen LogP contribution in [-0.4, -0.2) is 75.8 Å². The summed E-state index contributed by atoms with van der Waals surface area (Å²) in [7, 11) is 1.27. The fourth-order valence-electron chi connectivity index (χ4n) is 8.12. The van der Waals surface area contributed by atoms with E-state index in [0.717, 1.165) is 6.42 Å². The van der Waals surface area contributed by atoms with Gasteiger partial charge in [-0.2, -0.15) is 5.26 Å². The van der Waals surface area contributed by atoms with Crippen molar-refractivity contribution in [2.45, 2.75) is 81.4 Å². The molecule has 2 aromatic heterocycles. The number of ether oxygens (including phenoxy) is 2. The van der Waals surface area contributed by atoms with Crippen molar-refractivity contribution >= 4 is 69.0 Å². The zero-order valence-corrected chi connectivity index (χ0v) is 31.1. The van der Waals surface area contributed by atoms with E-state index >= 15 is 8.78 Å². The molecule has 9 nitrogen and oxygen atoms in total. The highest BCUT2D eigenvalue weighted by molar-refractivity contribution is 7.98. The van der Waals surface area contributed by atoms with Crippen molar-refractivity contribution in [2.24, 2.45) is 5.92 Å². The van der Waals surface area contributed by atoms with Crippen molar-refractivity contribution < 1.29 is 27.8 Å². The summed E-state index contributed by atoms with van der Waals surface area (Å²) in [6, 6.07) is 9.76. The molecule has 8 rings (SSSR count). The number of methoxy groups -OCH3 is 1. The summed E-state index contributed by atoms with van der Waals surface area (Å²) in [5.74, 6) is -0.580. The number of carbonyl (C=O) groups excluding carboxylic acids is 2. The molecule has 51 heavy (non-hydrogen) atoms. The predicted molar refractivity (Wildman–Crippen MR) is 194 cm³/mol. The van der Waals surface area contributed by atoms with Gasteiger partial charge in [0.05, 0.1) is 53.4 Å². The molecule has 2 aromatic carbocycles. The average molecular weight is 757 g/mol. The van der Waals surface area contributed by atoms with Gasteiger partial charge in [0.15, 0.2) is 5.82 Å². The number of carbonyl (C=O) groups is 2. The van der Waals surface area contributed by atoms with Crippen LogP contribution in [-0.2, 0) is 15.9 Å². The first kappa shape index (κ1) is 35.6. The minimum Gasteiger partial charge on any atom is -0.453 e. The Bertz CT molecular complexity index is 2130. The van der Waals surface area contributed by atoms with E-state index in [1.165, 1.54) is 23.8 Å². The number of pyridine rings is 1. The summed E-state index contributed by atoms with van der Waals surface area (Å²) in [4.78, 5) is 34.5. The molecule has 0 radical (unpaired) electrons. The Morgan fingerprint density at radius 1 is 1.12 bits per heavy atom. The Morgan fingerprint density at radius 2 is 1.88 bits per heavy atom. The first-order valence-electron chi connectivity index (χ1n) is 16.8. The molecule has 1 saturated carbocycles. The number of rotatable bonds is 6. The second-order valence-electron chi connectivity index (χ2n) is 14.4. The molecule has 2 bridgehead atoms. The van der Waals surface area contributed by atoms with Gasteiger partial charge in [-0.15, -0.1) is 11.8 Å². The Morgan fingerprint density at radius 3 is 2.57 bits per heavy atom. The second-order valence-corrected chi connectivity index (χ2v) is 15.9. The lowest BCUT2D eigenvalue weighted by atomic mass is 9.79. The van der Waals surface area contributed by atoms with Crippen molar-refractivity contribution in [3.63, 3.8) is 0 Å². The van der Waals surface area contributed by atoms with E-state index in [-0.39, 0.29) is 64.9 Å². The quantitative estimate of drug-likeness (QED) is 0.181. The second kappa shape index (κ2) is 13.3. The van der Waals surface area contributed by atoms with E-state index in [1.54, 1.807) is 23.1 Å². The van der Waals surface area contributed by atoms with Crippen LogP contribution in [0.15, 0.2) is 35.4 Å². The molecule has 14 heteroatoms. The number of likely N-dealkylation sites (tertiary alicyclic amines) is 1. The van der Waals surface area contributed by atoms with E-state index in [4.69, 9.17) is 37.7 Å². The van der Waals surface area contributed by atoms with Gasteiger partial charge in [0.2, 0.25) is 0 Å². The average Bonchev–Trinajstić information content (AvgIpc) is 3.86. The van der Waals surface area contributed by atoms with Gasteiger partial charge in [-0.05, 0) is 63.6 Å². The minimum absolute atomic E-state index is 0.0272. The van der Waals surface area contributed by atoms with Gasteiger partial charge in [-0.25, -0.2) is 23.4 Å². The van der Waals surface area contributed by atoms with Gasteiger partial charge in [-0.3, -0.25) is 4.90 Å². The van der Waals surface area contributed by atoms with Gasteiger partial charge in [-0.1, -0.05) is 35.3 Å². The third-order valence-electron chi connectivity index (χ3n) is 10.2. The monoisotopic (exact) mass is 755 g/mol. The maximum atomic E-state index is 17.2. The summed E-state index contributed by atoms with van der Waals surface area (Å²) in [5.41, 5.74) is 1.88. The van der Waals surface area contributed by atoms with Gasteiger partial charge in [0.25, 0.3) is 0 Å². The Kier molecular flexibility index (Phi) is 9.30. The van der Waals surface area contributed by atoms with Crippen LogP contribution in [0.25, 0.3) is 32.9 Å². The maximum absolute atomic E-state index is 17.2. The smallest absolute Gasteiger partial charge is 0.410 e. The van der Waals surface area contributed by atoms with Crippen molar-refractivity contribution in [3.05, 3.63) is 57.5 Å². The van der Waals surface area contributed by atoms with Gasteiger partial charge in [0.1, 0.15) is 22.3 Å². The normalized spacial score (nSPS) is 22.8. The highest BCUT2D eigenvalue weighted by Crippen LogP contribution is 2.54. The fourth-order valence-corrected chi connectivity index (χ4v) is 9.08. The number of aromatic nitrogens is 2. The molecule has 4 aromatic rings. The van der Waals surface area contributed by atoms with Crippen molar-refractivity contribution in [1.82, 2.24) is 19.4 Å². The first-order chi connectivity index (χ1) is 24.3.